The summed E-state index contributed by atoms with van der Waals surface area (Å²) in [5, 5.41) is 13.4. The van der Waals surface area contributed by atoms with Crippen molar-refractivity contribution < 1.29 is 4.79 Å². The monoisotopic (exact) mass is 306 g/mol. The number of hydrogen-bond donors (Lipinski definition) is 1. The van der Waals surface area contributed by atoms with Crippen LogP contribution < -0.4 is 5.32 Å². The summed E-state index contributed by atoms with van der Waals surface area (Å²) in [5.74, 6) is -0.190. The number of carbonyl (C=O) groups excluding carboxylic acids is 1. The summed E-state index contributed by atoms with van der Waals surface area (Å²) in [5.41, 5.74) is 0. The lowest BCUT2D eigenvalue weighted by Gasteiger charge is -2.06. The summed E-state index contributed by atoms with van der Waals surface area (Å²) < 4.78 is 0. The van der Waals surface area contributed by atoms with Crippen molar-refractivity contribution in [3.05, 3.63) is 28.6 Å². The average Bonchev–Trinajstić information content (AvgIpc) is 3.17. The molecule has 0 aliphatic heterocycles. The van der Waals surface area contributed by atoms with E-state index in [1.807, 2.05) is 0 Å². The van der Waals surface area contributed by atoms with Gasteiger partial charge in [-0.25, -0.2) is 9.97 Å². The smallest absolute Gasteiger partial charge is 0.230 e. The second-order valence-electron chi connectivity index (χ2n) is 4.59. The van der Waals surface area contributed by atoms with Crippen molar-refractivity contribution in [2.24, 2.45) is 11.8 Å². The largest absolute Gasteiger partial charge is 0.310 e. The van der Waals surface area contributed by atoms with Crippen LogP contribution in [0.2, 0.25) is 10.3 Å². The Labute approximate surface area is 124 Å². The van der Waals surface area contributed by atoms with Crippen molar-refractivity contribution in [2.45, 2.75) is 6.42 Å². The van der Waals surface area contributed by atoms with E-state index >= 15 is 0 Å². The minimum absolute atomic E-state index is 0.177. The van der Waals surface area contributed by atoms with E-state index in [-0.39, 0.29) is 28.0 Å². The van der Waals surface area contributed by atoms with Gasteiger partial charge in [-0.2, -0.15) is 5.26 Å². The van der Waals surface area contributed by atoms with E-state index in [1.165, 1.54) is 6.20 Å². The number of nitrogens with zero attached hydrogens (tertiary/aromatic N) is 3. The molecule has 2 atom stereocenters. The van der Waals surface area contributed by atoms with Crippen LogP contribution in [0.5, 0.6) is 0 Å². The normalized spacial score (nSPS) is 20.4. The number of nitrogens with one attached hydrogen (secondary N) is 1. The van der Waals surface area contributed by atoms with E-state index in [2.05, 4.69) is 21.4 Å². The first-order chi connectivity index (χ1) is 9.58. The molecule has 7 heteroatoms. The lowest BCUT2D eigenvalue weighted by atomic mass is 10.2. The molecule has 1 saturated carbocycles. The minimum atomic E-state index is -0.234. The summed E-state index contributed by atoms with van der Waals surface area (Å²) in [7, 11) is 0. The summed E-state index contributed by atoms with van der Waals surface area (Å²) in [6.45, 7) is 0. The summed E-state index contributed by atoms with van der Waals surface area (Å²) in [6.07, 6.45) is 2.14. The third kappa shape index (κ3) is 2.40. The topological polar surface area (TPSA) is 78.7 Å². The molecule has 2 aromatic heterocycles. The van der Waals surface area contributed by atoms with Gasteiger partial charge in [0.25, 0.3) is 0 Å². The van der Waals surface area contributed by atoms with E-state index < -0.39 is 0 Å². The molecule has 0 radical (unpaired) electrons. The predicted molar refractivity (Wildman–Crippen MR) is 75.4 cm³/mol. The Balaban J connectivity index is 1.86. The zero-order valence-electron chi connectivity index (χ0n) is 10.1. The summed E-state index contributed by atoms with van der Waals surface area (Å²) in [4.78, 5) is 19.9. The zero-order chi connectivity index (χ0) is 14.3. The van der Waals surface area contributed by atoms with Crippen LogP contribution in [-0.4, -0.2) is 15.9 Å². The molecule has 1 aliphatic rings. The number of carbonyl (C=O) groups is 1. The Kier molecular flexibility index (Phi) is 3.20. The second kappa shape index (κ2) is 4.89. The lowest BCUT2D eigenvalue weighted by Crippen LogP contribution is -2.15. The average molecular weight is 307 g/mol. The molecule has 1 N–H and O–H groups in total. The van der Waals surface area contributed by atoms with Crippen molar-refractivity contribution in [2.75, 3.05) is 5.32 Å². The molecule has 5 nitrogen and oxygen atoms in total. The van der Waals surface area contributed by atoms with Crippen LogP contribution in [-0.2, 0) is 4.79 Å². The van der Waals surface area contributed by atoms with Crippen molar-refractivity contribution in [1.82, 2.24) is 9.97 Å². The second-order valence-corrected chi connectivity index (χ2v) is 5.34. The molecule has 100 valence electrons. The van der Waals surface area contributed by atoms with Crippen LogP contribution in [0.15, 0.2) is 18.3 Å². The van der Waals surface area contributed by atoms with Crippen LogP contribution in [0.3, 0.4) is 0 Å². The highest BCUT2D eigenvalue weighted by molar-refractivity contribution is 6.36. The Morgan fingerprint density at radius 1 is 1.45 bits per heavy atom. The van der Waals surface area contributed by atoms with E-state index in [4.69, 9.17) is 28.5 Å². The van der Waals surface area contributed by atoms with Crippen molar-refractivity contribution in [1.29, 1.82) is 5.26 Å². The Morgan fingerprint density at radius 3 is 2.95 bits per heavy atom. The first-order valence-corrected chi connectivity index (χ1v) is 6.66. The van der Waals surface area contributed by atoms with Gasteiger partial charge in [0.2, 0.25) is 5.91 Å². The number of anilines is 1. The summed E-state index contributed by atoms with van der Waals surface area (Å²) >= 11 is 11.8. The third-order valence-electron chi connectivity index (χ3n) is 3.18. The van der Waals surface area contributed by atoms with Gasteiger partial charge in [0.05, 0.1) is 17.9 Å². The van der Waals surface area contributed by atoms with Gasteiger partial charge in [-0.3, -0.25) is 4.79 Å². The number of nitriles is 1. The van der Waals surface area contributed by atoms with E-state index in [9.17, 15) is 4.79 Å². The minimum Gasteiger partial charge on any atom is -0.310 e. The molecule has 2 aromatic rings. The van der Waals surface area contributed by atoms with Crippen molar-refractivity contribution >= 4 is 45.7 Å². The fraction of sp³-hybridized carbons (Fsp3) is 0.231. The van der Waals surface area contributed by atoms with Crippen LogP contribution in [0.4, 0.5) is 5.82 Å². The lowest BCUT2D eigenvalue weighted by molar-refractivity contribution is -0.117. The number of halogens is 2. The molecule has 0 spiro atoms. The molecule has 0 saturated heterocycles. The molecule has 0 aromatic carbocycles. The van der Waals surface area contributed by atoms with Gasteiger partial charge in [-0.1, -0.05) is 23.2 Å². The standard InChI is InChI=1S/C13H8Cl2N4O/c14-10-2-6-3-11(17-5-9(6)12(15)18-10)19-13(20)8-1-7(8)4-16/h2-3,5,7-8H,1H2,(H,17,19,20). The maximum atomic E-state index is 11.8. The predicted octanol–water partition coefficient (Wildman–Crippen LogP) is 3.03. The molecular formula is C13H8Cl2N4O. The van der Waals surface area contributed by atoms with Gasteiger partial charge in [-0.05, 0) is 23.9 Å². The molecular weight excluding hydrogens is 299 g/mol. The first kappa shape index (κ1) is 13.1. The SMILES string of the molecule is N#CC1CC1C(=O)Nc1cc2cc(Cl)nc(Cl)c2cn1. The number of aromatic nitrogens is 2. The highest BCUT2D eigenvalue weighted by Gasteiger charge is 2.43. The van der Waals surface area contributed by atoms with Gasteiger partial charge in [0.1, 0.15) is 16.1 Å². The Bertz CT molecular complexity index is 756. The molecule has 20 heavy (non-hydrogen) atoms. The van der Waals surface area contributed by atoms with Crippen LogP contribution in [0.25, 0.3) is 10.8 Å². The Hall–Kier alpha value is -1.90. The highest BCUT2D eigenvalue weighted by atomic mass is 35.5. The first-order valence-electron chi connectivity index (χ1n) is 5.91. The number of pyridine rings is 2. The number of amides is 1. The maximum absolute atomic E-state index is 11.8. The molecule has 2 unspecified atom stereocenters. The van der Waals surface area contributed by atoms with Crippen LogP contribution in [0.1, 0.15) is 6.42 Å². The maximum Gasteiger partial charge on any atom is 0.230 e. The number of hydrogen-bond acceptors (Lipinski definition) is 4. The van der Waals surface area contributed by atoms with E-state index in [0.29, 0.717) is 17.6 Å². The molecule has 1 fully saturated rings. The zero-order valence-corrected chi connectivity index (χ0v) is 11.6. The molecule has 1 aliphatic carbocycles. The number of fused-ring (bicyclic) bond motifs is 1. The quantitative estimate of drug-likeness (QED) is 0.865. The van der Waals surface area contributed by atoms with Crippen molar-refractivity contribution in [3.8, 4) is 6.07 Å². The Morgan fingerprint density at radius 2 is 2.25 bits per heavy atom. The van der Waals surface area contributed by atoms with Crippen LogP contribution in [0, 0.1) is 23.2 Å². The molecule has 1 amide bonds. The van der Waals surface area contributed by atoms with Gasteiger partial charge < -0.3 is 5.32 Å². The van der Waals surface area contributed by atoms with Gasteiger partial charge >= 0.3 is 0 Å². The van der Waals surface area contributed by atoms with Gasteiger partial charge in [-0.15, -0.1) is 0 Å². The third-order valence-corrected chi connectivity index (χ3v) is 3.66. The van der Waals surface area contributed by atoms with E-state index in [1.54, 1.807) is 12.1 Å². The van der Waals surface area contributed by atoms with Crippen LogP contribution >= 0.6 is 23.2 Å². The summed E-state index contributed by atoms with van der Waals surface area (Å²) in [6, 6.07) is 5.40. The fourth-order valence-corrected chi connectivity index (χ4v) is 2.49. The van der Waals surface area contributed by atoms with E-state index in [0.717, 1.165) is 5.39 Å². The number of rotatable bonds is 2. The molecule has 0 bridgehead atoms. The highest BCUT2D eigenvalue weighted by Crippen LogP contribution is 2.38. The molecule has 2 heterocycles. The fourth-order valence-electron chi connectivity index (χ4n) is 1.99. The molecule has 3 rings (SSSR count). The van der Waals surface area contributed by atoms with Gasteiger partial charge in [0.15, 0.2) is 0 Å². The van der Waals surface area contributed by atoms with Gasteiger partial charge in [0, 0.05) is 11.6 Å². The van der Waals surface area contributed by atoms with Crippen molar-refractivity contribution in [3.63, 3.8) is 0 Å².